The molecule has 2 rings (SSSR count). The van der Waals surface area contributed by atoms with Gasteiger partial charge in [-0.05, 0) is 29.2 Å². The number of nitrogens with zero attached hydrogens (tertiary/aromatic N) is 1. The second-order valence-corrected chi connectivity index (χ2v) is 7.14. The zero-order valence-corrected chi connectivity index (χ0v) is 16.4. The van der Waals surface area contributed by atoms with E-state index in [0.717, 1.165) is 24.8 Å². The highest BCUT2D eigenvalue weighted by Gasteiger charge is 2.21. The maximum Gasteiger partial charge on any atom is 0.338 e. The molecule has 0 radical (unpaired) electrons. The zero-order valence-electron chi connectivity index (χ0n) is 16.4. The molecule has 28 heavy (non-hydrogen) atoms. The van der Waals surface area contributed by atoms with Crippen LogP contribution in [0, 0.1) is 10.1 Å². The number of nitro groups is 1. The number of rotatable bonds is 5. The van der Waals surface area contributed by atoms with Crippen molar-refractivity contribution in [2.45, 2.75) is 26.2 Å². The highest BCUT2D eigenvalue weighted by Crippen LogP contribution is 2.32. The first-order valence-electron chi connectivity index (χ1n) is 8.44. The summed E-state index contributed by atoms with van der Waals surface area (Å²) in [5.74, 6) is -0.941. The maximum absolute atomic E-state index is 12.7. The molecule has 2 aromatic rings. The van der Waals surface area contributed by atoms with Crippen molar-refractivity contribution in [3.8, 4) is 5.75 Å². The molecule has 0 bridgehead atoms. The summed E-state index contributed by atoms with van der Waals surface area (Å²) in [6.07, 6.45) is 0. The van der Waals surface area contributed by atoms with E-state index in [1.165, 1.54) is 13.2 Å². The fraction of sp³-hybridized carbons (Fsp3) is 0.300. The highest BCUT2D eigenvalue weighted by atomic mass is 16.6. The Kier molecular flexibility index (Phi) is 6.03. The average molecular weight is 386 g/mol. The minimum atomic E-state index is -0.773. The quantitative estimate of drug-likeness (QED) is 0.474. The topological polar surface area (TPSA) is 108 Å². The van der Waals surface area contributed by atoms with Crippen LogP contribution in [0.1, 0.15) is 47.1 Å². The van der Waals surface area contributed by atoms with Gasteiger partial charge in [-0.25, -0.2) is 4.79 Å². The number of carbonyl (C=O) groups excluding carboxylic acids is 2. The SMILES string of the molecule is COC(=O)c1cc(C(=O)Nc2cc(C(C)(C)C)ccc2OC)cc([N+](=O)[O-])c1. The van der Waals surface area contributed by atoms with Crippen LogP contribution in [0.2, 0.25) is 0 Å². The summed E-state index contributed by atoms with van der Waals surface area (Å²) < 4.78 is 9.89. The molecule has 1 amide bonds. The minimum Gasteiger partial charge on any atom is -0.495 e. The summed E-state index contributed by atoms with van der Waals surface area (Å²) in [6, 6.07) is 8.83. The summed E-state index contributed by atoms with van der Waals surface area (Å²) in [4.78, 5) is 35.0. The molecule has 8 nitrogen and oxygen atoms in total. The van der Waals surface area contributed by atoms with Gasteiger partial charge in [-0.2, -0.15) is 0 Å². The molecule has 0 spiro atoms. The van der Waals surface area contributed by atoms with E-state index in [0.29, 0.717) is 11.4 Å². The molecule has 1 N–H and O–H groups in total. The van der Waals surface area contributed by atoms with Crippen molar-refractivity contribution in [1.29, 1.82) is 0 Å². The number of methoxy groups -OCH3 is 2. The Morgan fingerprint density at radius 3 is 2.21 bits per heavy atom. The van der Waals surface area contributed by atoms with Crippen LogP contribution in [0.15, 0.2) is 36.4 Å². The average Bonchev–Trinajstić information content (AvgIpc) is 2.66. The van der Waals surface area contributed by atoms with Gasteiger partial charge in [0.05, 0.1) is 30.4 Å². The molecule has 0 heterocycles. The number of esters is 1. The van der Waals surface area contributed by atoms with E-state index in [-0.39, 0.29) is 22.2 Å². The van der Waals surface area contributed by atoms with Gasteiger partial charge in [-0.15, -0.1) is 0 Å². The van der Waals surface area contributed by atoms with Crippen molar-refractivity contribution < 1.29 is 24.0 Å². The molecule has 0 saturated heterocycles. The van der Waals surface area contributed by atoms with Gasteiger partial charge in [0.2, 0.25) is 0 Å². The molecule has 8 heteroatoms. The van der Waals surface area contributed by atoms with Crippen LogP contribution in [0.3, 0.4) is 0 Å². The molecule has 0 saturated carbocycles. The Morgan fingerprint density at radius 1 is 1.04 bits per heavy atom. The lowest BCUT2D eigenvalue weighted by Crippen LogP contribution is -2.16. The van der Waals surface area contributed by atoms with Gasteiger partial charge in [0.15, 0.2) is 0 Å². The zero-order chi connectivity index (χ0) is 21.1. The normalized spacial score (nSPS) is 10.9. The lowest BCUT2D eigenvalue weighted by molar-refractivity contribution is -0.384. The van der Waals surface area contributed by atoms with Crippen molar-refractivity contribution in [3.05, 3.63) is 63.2 Å². The first-order chi connectivity index (χ1) is 13.1. The third-order valence-corrected chi connectivity index (χ3v) is 4.13. The first kappa shape index (κ1) is 20.9. The maximum atomic E-state index is 12.7. The smallest absolute Gasteiger partial charge is 0.338 e. The van der Waals surface area contributed by atoms with Crippen molar-refractivity contribution in [2.75, 3.05) is 19.5 Å². The van der Waals surface area contributed by atoms with Crippen LogP contribution in [-0.4, -0.2) is 31.0 Å². The molecular formula is C20H22N2O6. The lowest BCUT2D eigenvalue weighted by atomic mass is 9.87. The van der Waals surface area contributed by atoms with Gasteiger partial charge in [-0.3, -0.25) is 14.9 Å². The van der Waals surface area contributed by atoms with E-state index in [4.69, 9.17) is 4.74 Å². The number of ether oxygens (including phenoxy) is 2. The molecule has 0 aromatic heterocycles. The highest BCUT2D eigenvalue weighted by molar-refractivity contribution is 6.07. The second kappa shape index (κ2) is 8.08. The first-order valence-corrected chi connectivity index (χ1v) is 8.44. The standard InChI is InChI=1S/C20H22N2O6/c1-20(2,3)14-6-7-17(27-4)16(11-14)21-18(23)12-8-13(19(24)28-5)10-15(9-12)22(25)26/h6-11H,1-5H3,(H,21,23). The second-order valence-electron chi connectivity index (χ2n) is 7.14. The van der Waals surface area contributed by atoms with Gasteiger partial charge in [0, 0.05) is 17.7 Å². The summed E-state index contributed by atoms with van der Waals surface area (Å²) in [5.41, 5.74) is 0.720. The Labute approximate surface area is 162 Å². The number of benzene rings is 2. The summed E-state index contributed by atoms with van der Waals surface area (Å²) >= 11 is 0. The van der Waals surface area contributed by atoms with Crippen molar-refractivity contribution in [2.24, 2.45) is 0 Å². The van der Waals surface area contributed by atoms with Crippen LogP contribution in [0.25, 0.3) is 0 Å². The number of anilines is 1. The van der Waals surface area contributed by atoms with E-state index in [1.807, 2.05) is 26.8 Å². The van der Waals surface area contributed by atoms with Gasteiger partial charge in [-0.1, -0.05) is 26.8 Å². The molecule has 2 aromatic carbocycles. The summed E-state index contributed by atoms with van der Waals surface area (Å²) in [6.45, 7) is 6.09. The van der Waals surface area contributed by atoms with Crippen LogP contribution in [-0.2, 0) is 10.2 Å². The molecular weight excluding hydrogens is 364 g/mol. The number of hydrogen-bond donors (Lipinski definition) is 1. The largest absolute Gasteiger partial charge is 0.495 e. The molecule has 148 valence electrons. The van der Waals surface area contributed by atoms with Crippen LogP contribution in [0.4, 0.5) is 11.4 Å². The van der Waals surface area contributed by atoms with Crippen molar-refractivity contribution in [3.63, 3.8) is 0 Å². The number of non-ortho nitro benzene ring substituents is 1. The lowest BCUT2D eigenvalue weighted by Gasteiger charge is -2.21. The number of hydrogen-bond acceptors (Lipinski definition) is 6. The molecule has 0 fully saturated rings. The Balaban J connectivity index is 2.46. The van der Waals surface area contributed by atoms with Crippen LogP contribution in [0.5, 0.6) is 5.75 Å². The van der Waals surface area contributed by atoms with Crippen molar-refractivity contribution >= 4 is 23.3 Å². The van der Waals surface area contributed by atoms with Crippen LogP contribution < -0.4 is 10.1 Å². The van der Waals surface area contributed by atoms with Gasteiger partial charge in [0.25, 0.3) is 11.6 Å². The van der Waals surface area contributed by atoms with E-state index < -0.39 is 16.8 Å². The van der Waals surface area contributed by atoms with E-state index in [2.05, 4.69) is 10.1 Å². The third kappa shape index (κ3) is 4.64. The van der Waals surface area contributed by atoms with E-state index >= 15 is 0 Å². The number of nitro benzene ring substituents is 1. The van der Waals surface area contributed by atoms with Gasteiger partial charge < -0.3 is 14.8 Å². The van der Waals surface area contributed by atoms with E-state index in [1.54, 1.807) is 12.1 Å². The molecule has 0 aliphatic carbocycles. The van der Waals surface area contributed by atoms with Gasteiger partial charge in [0.1, 0.15) is 5.75 Å². The monoisotopic (exact) mass is 386 g/mol. The van der Waals surface area contributed by atoms with Crippen LogP contribution >= 0.6 is 0 Å². The predicted molar refractivity (Wildman–Crippen MR) is 104 cm³/mol. The number of carbonyl (C=O) groups is 2. The fourth-order valence-corrected chi connectivity index (χ4v) is 2.55. The summed E-state index contributed by atoms with van der Waals surface area (Å²) in [7, 11) is 2.63. The molecule has 0 unspecified atom stereocenters. The molecule has 0 aliphatic rings. The minimum absolute atomic E-state index is 0.0437. The fourth-order valence-electron chi connectivity index (χ4n) is 2.55. The van der Waals surface area contributed by atoms with Gasteiger partial charge >= 0.3 is 5.97 Å². The Hall–Kier alpha value is -3.42. The van der Waals surface area contributed by atoms with E-state index in [9.17, 15) is 19.7 Å². The Bertz CT molecular complexity index is 931. The molecule has 0 atom stereocenters. The molecule has 0 aliphatic heterocycles. The Morgan fingerprint density at radius 2 is 1.68 bits per heavy atom. The third-order valence-electron chi connectivity index (χ3n) is 4.13. The summed E-state index contributed by atoms with van der Waals surface area (Å²) in [5, 5.41) is 13.9. The predicted octanol–water partition coefficient (Wildman–Crippen LogP) is 3.94. The van der Waals surface area contributed by atoms with Crippen molar-refractivity contribution in [1.82, 2.24) is 0 Å². The number of nitrogens with one attached hydrogen (secondary N) is 1. The number of amides is 1.